The predicted octanol–water partition coefficient (Wildman–Crippen LogP) is 3.97. The fourth-order valence-electron chi connectivity index (χ4n) is 3.72. The highest BCUT2D eigenvalue weighted by Crippen LogP contribution is 2.20. The van der Waals surface area contributed by atoms with Crippen LogP contribution in [0.5, 0.6) is 5.75 Å². The van der Waals surface area contributed by atoms with E-state index in [9.17, 15) is 9.18 Å². The van der Waals surface area contributed by atoms with Gasteiger partial charge in [-0.1, -0.05) is 23.4 Å². The van der Waals surface area contributed by atoms with Crippen LogP contribution in [0.1, 0.15) is 32.9 Å². The molecule has 1 aliphatic rings. The molecule has 3 aromatic rings. The zero-order valence-corrected chi connectivity index (χ0v) is 17.8. The van der Waals surface area contributed by atoms with Gasteiger partial charge < -0.3 is 14.2 Å². The second-order valence-corrected chi connectivity index (χ2v) is 7.81. The van der Waals surface area contributed by atoms with E-state index in [2.05, 4.69) is 10.1 Å². The van der Waals surface area contributed by atoms with Crippen molar-refractivity contribution in [1.29, 1.82) is 0 Å². The summed E-state index contributed by atoms with van der Waals surface area (Å²) in [5.41, 5.74) is 3.42. The Morgan fingerprint density at radius 1 is 1.10 bits per heavy atom. The Labute approximate surface area is 181 Å². The molecule has 1 saturated heterocycles. The molecule has 1 aliphatic heterocycles. The normalized spacial score (nSPS) is 14.6. The molecule has 2 heterocycles. The fraction of sp³-hybridized carbons (Fsp3) is 0.333. The van der Waals surface area contributed by atoms with Crippen LogP contribution in [0.25, 0.3) is 0 Å². The molecule has 2 aromatic carbocycles. The molecule has 0 unspecified atom stereocenters. The van der Waals surface area contributed by atoms with E-state index in [0.29, 0.717) is 31.0 Å². The third-order valence-electron chi connectivity index (χ3n) is 5.62. The Kier molecular flexibility index (Phi) is 6.32. The molecule has 0 spiro atoms. The summed E-state index contributed by atoms with van der Waals surface area (Å²) in [4.78, 5) is 17.1. The van der Waals surface area contributed by atoms with Crippen LogP contribution in [0, 0.1) is 19.7 Å². The molecule has 7 heteroatoms. The van der Waals surface area contributed by atoms with Gasteiger partial charge in [-0.25, -0.2) is 4.39 Å². The van der Waals surface area contributed by atoms with Crippen molar-refractivity contribution in [3.8, 4) is 5.75 Å². The largest absolute Gasteiger partial charge is 0.489 e. The molecule has 6 nitrogen and oxygen atoms in total. The number of carbonyl (C=O) groups is 1. The highest BCUT2D eigenvalue weighted by atomic mass is 19.1. The molecule has 0 saturated carbocycles. The summed E-state index contributed by atoms with van der Waals surface area (Å²) in [7, 11) is 0. The van der Waals surface area contributed by atoms with Crippen molar-refractivity contribution in [3.05, 3.63) is 82.5 Å². The molecule has 0 N–H and O–H groups in total. The van der Waals surface area contributed by atoms with Crippen molar-refractivity contribution >= 4 is 5.91 Å². The van der Waals surface area contributed by atoms with E-state index in [1.165, 1.54) is 12.1 Å². The molecule has 1 amide bonds. The second-order valence-electron chi connectivity index (χ2n) is 7.81. The van der Waals surface area contributed by atoms with E-state index in [4.69, 9.17) is 9.26 Å². The number of aryl methyl sites for hydroxylation is 2. The fourth-order valence-corrected chi connectivity index (χ4v) is 3.72. The molecule has 0 aliphatic carbocycles. The summed E-state index contributed by atoms with van der Waals surface area (Å²) in [5.74, 6) is 1.16. The summed E-state index contributed by atoms with van der Waals surface area (Å²) in [5, 5.41) is 3.94. The van der Waals surface area contributed by atoms with Gasteiger partial charge in [0.15, 0.2) is 0 Å². The van der Waals surface area contributed by atoms with Crippen LogP contribution in [-0.2, 0) is 13.2 Å². The molecule has 0 radical (unpaired) electrons. The number of ether oxygens (including phenoxy) is 1. The first-order valence-corrected chi connectivity index (χ1v) is 10.4. The lowest BCUT2D eigenvalue weighted by Crippen LogP contribution is -2.48. The van der Waals surface area contributed by atoms with Gasteiger partial charge in [0, 0.05) is 38.3 Å². The number of benzene rings is 2. The first kappa shape index (κ1) is 21.1. The lowest BCUT2D eigenvalue weighted by molar-refractivity contribution is 0.0628. The Morgan fingerprint density at radius 3 is 2.52 bits per heavy atom. The third kappa shape index (κ3) is 5.11. The Balaban J connectivity index is 1.32. The van der Waals surface area contributed by atoms with Crippen LogP contribution in [0.2, 0.25) is 0 Å². The first-order chi connectivity index (χ1) is 15.0. The number of halogens is 1. The number of piperazine rings is 1. The molecule has 4 rings (SSSR count). The molecule has 31 heavy (non-hydrogen) atoms. The quantitative estimate of drug-likeness (QED) is 0.601. The molecule has 162 valence electrons. The monoisotopic (exact) mass is 423 g/mol. The van der Waals surface area contributed by atoms with E-state index < -0.39 is 0 Å². The molecule has 0 atom stereocenters. The van der Waals surface area contributed by atoms with Gasteiger partial charge in [0.25, 0.3) is 5.91 Å². The highest BCUT2D eigenvalue weighted by Gasteiger charge is 2.22. The SMILES string of the molecule is Cc1noc(C)c1COc1cccc(C(=O)N2CCN(Cc3ccc(F)cc3)CC2)c1. The van der Waals surface area contributed by atoms with E-state index >= 15 is 0 Å². The van der Waals surface area contributed by atoms with E-state index in [-0.39, 0.29) is 11.7 Å². The number of carbonyl (C=O) groups excluding carboxylic acids is 1. The van der Waals surface area contributed by atoms with Crippen molar-refractivity contribution in [2.45, 2.75) is 27.0 Å². The third-order valence-corrected chi connectivity index (χ3v) is 5.62. The topological polar surface area (TPSA) is 58.8 Å². The smallest absolute Gasteiger partial charge is 0.254 e. The second kappa shape index (κ2) is 9.31. The standard InChI is InChI=1S/C24H26FN3O3/c1-17-23(18(2)31-26-17)16-30-22-5-3-4-20(14-22)24(29)28-12-10-27(11-13-28)15-19-6-8-21(25)9-7-19/h3-9,14H,10-13,15-16H2,1-2H3. The van der Waals surface area contributed by atoms with Crippen molar-refractivity contribution in [2.75, 3.05) is 26.2 Å². The van der Waals surface area contributed by atoms with Crippen LogP contribution in [-0.4, -0.2) is 47.0 Å². The number of aromatic nitrogens is 1. The molecule has 1 fully saturated rings. The van der Waals surface area contributed by atoms with Crippen molar-refractivity contribution in [3.63, 3.8) is 0 Å². The number of nitrogens with zero attached hydrogens (tertiary/aromatic N) is 3. The summed E-state index contributed by atoms with van der Waals surface area (Å²) < 4.78 is 24.1. The maximum Gasteiger partial charge on any atom is 0.254 e. The van der Waals surface area contributed by atoms with Gasteiger partial charge in [-0.15, -0.1) is 0 Å². The minimum atomic E-state index is -0.225. The highest BCUT2D eigenvalue weighted by molar-refractivity contribution is 5.94. The predicted molar refractivity (Wildman–Crippen MR) is 114 cm³/mol. The zero-order chi connectivity index (χ0) is 21.8. The molecule has 1 aromatic heterocycles. The summed E-state index contributed by atoms with van der Waals surface area (Å²) in [6.07, 6.45) is 0. The van der Waals surface area contributed by atoms with Gasteiger partial charge in [0.1, 0.15) is 23.9 Å². The Morgan fingerprint density at radius 2 is 1.84 bits per heavy atom. The minimum Gasteiger partial charge on any atom is -0.489 e. The molecular formula is C24H26FN3O3. The van der Waals surface area contributed by atoms with Gasteiger partial charge in [-0.05, 0) is 49.7 Å². The summed E-state index contributed by atoms with van der Waals surface area (Å²) in [6, 6.07) is 13.9. The Hall–Kier alpha value is -3.19. The van der Waals surface area contributed by atoms with E-state index in [1.54, 1.807) is 18.2 Å². The maximum absolute atomic E-state index is 13.1. The minimum absolute atomic E-state index is 0.00391. The van der Waals surface area contributed by atoms with Crippen molar-refractivity contribution in [2.24, 2.45) is 0 Å². The van der Waals surface area contributed by atoms with Crippen LogP contribution in [0.15, 0.2) is 53.1 Å². The van der Waals surface area contributed by atoms with Gasteiger partial charge >= 0.3 is 0 Å². The van der Waals surface area contributed by atoms with Crippen LogP contribution < -0.4 is 4.74 Å². The van der Waals surface area contributed by atoms with Crippen molar-refractivity contribution in [1.82, 2.24) is 15.0 Å². The van der Waals surface area contributed by atoms with Crippen LogP contribution in [0.3, 0.4) is 0 Å². The number of hydrogen-bond acceptors (Lipinski definition) is 5. The Bertz CT molecular complexity index is 1020. The van der Waals surface area contributed by atoms with Gasteiger partial charge in [0.05, 0.1) is 11.3 Å². The lowest BCUT2D eigenvalue weighted by atomic mass is 10.1. The van der Waals surface area contributed by atoms with Crippen molar-refractivity contribution < 1.29 is 18.4 Å². The number of rotatable bonds is 6. The van der Waals surface area contributed by atoms with Gasteiger partial charge in [0.2, 0.25) is 0 Å². The van der Waals surface area contributed by atoms with Crippen LogP contribution >= 0.6 is 0 Å². The maximum atomic E-state index is 13.1. The average molecular weight is 423 g/mol. The molecule has 0 bridgehead atoms. The van der Waals surface area contributed by atoms with E-state index in [0.717, 1.165) is 42.2 Å². The molecular weight excluding hydrogens is 397 g/mol. The average Bonchev–Trinajstić information content (AvgIpc) is 3.11. The lowest BCUT2D eigenvalue weighted by Gasteiger charge is -2.34. The van der Waals surface area contributed by atoms with Crippen LogP contribution in [0.4, 0.5) is 4.39 Å². The summed E-state index contributed by atoms with van der Waals surface area (Å²) in [6.45, 7) is 7.72. The first-order valence-electron chi connectivity index (χ1n) is 10.4. The number of hydrogen-bond donors (Lipinski definition) is 0. The van der Waals surface area contributed by atoms with Gasteiger partial charge in [-0.3, -0.25) is 9.69 Å². The summed E-state index contributed by atoms with van der Waals surface area (Å²) >= 11 is 0. The van der Waals surface area contributed by atoms with Gasteiger partial charge in [-0.2, -0.15) is 0 Å². The number of amides is 1. The zero-order valence-electron chi connectivity index (χ0n) is 17.8. The van der Waals surface area contributed by atoms with E-state index in [1.807, 2.05) is 36.9 Å².